The van der Waals surface area contributed by atoms with Crippen LogP contribution in [0.25, 0.3) is 43.9 Å². The summed E-state index contributed by atoms with van der Waals surface area (Å²) in [6.45, 7) is 8.48. The Labute approximate surface area is 442 Å². The zero-order valence-electron chi connectivity index (χ0n) is 42.1. The number of halogens is 2. The molecule has 13 nitrogen and oxygen atoms in total. The van der Waals surface area contributed by atoms with Crippen molar-refractivity contribution >= 4 is 84.2 Å². The minimum Gasteiger partial charge on any atom is -0.493 e. The molecule has 2 N–H and O–H groups in total. The Hall–Kier alpha value is -5.99. The second kappa shape index (κ2) is 22.1. The molecule has 10 heterocycles. The fourth-order valence-electron chi connectivity index (χ4n) is 12.9. The van der Waals surface area contributed by atoms with E-state index in [2.05, 4.69) is 63.8 Å². The van der Waals surface area contributed by atoms with Crippen molar-refractivity contribution in [2.45, 2.75) is 76.3 Å². The molecule has 74 heavy (non-hydrogen) atoms. The zero-order valence-corrected chi connectivity index (χ0v) is 43.6. The van der Waals surface area contributed by atoms with Crippen molar-refractivity contribution in [2.75, 3.05) is 75.4 Å². The van der Waals surface area contributed by atoms with Gasteiger partial charge in [0, 0.05) is 119 Å². The van der Waals surface area contributed by atoms with E-state index >= 15 is 4.79 Å². The molecule has 2 aromatic carbocycles. The van der Waals surface area contributed by atoms with E-state index in [9.17, 15) is 0 Å². The number of nitrogens with one attached hydrogen (secondary N) is 2. The summed E-state index contributed by atoms with van der Waals surface area (Å²) in [6.07, 6.45) is 21.6. The summed E-state index contributed by atoms with van der Waals surface area (Å²) in [5, 5.41) is 5.92. The van der Waals surface area contributed by atoms with Crippen molar-refractivity contribution in [3.05, 3.63) is 120 Å². The molecule has 4 aliphatic heterocycles. The number of aromatic nitrogens is 6. The van der Waals surface area contributed by atoms with Gasteiger partial charge in [-0.15, -0.1) is 0 Å². The number of carbonyl (C=O) groups is 1. The number of nitrogens with zero attached hydrogens (tertiary/aromatic N) is 8. The van der Waals surface area contributed by atoms with Crippen LogP contribution in [0.5, 0.6) is 11.5 Å². The van der Waals surface area contributed by atoms with E-state index in [0.29, 0.717) is 52.7 Å². The molecule has 0 amide bonds. The van der Waals surface area contributed by atoms with Gasteiger partial charge in [0.15, 0.2) is 5.78 Å². The van der Waals surface area contributed by atoms with E-state index in [-0.39, 0.29) is 12.1 Å². The van der Waals surface area contributed by atoms with Crippen molar-refractivity contribution in [1.29, 1.82) is 0 Å². The summed E-state index contributed by atoms with van der Waals surface area (Å²) in [6, 6.07) is 23.5. The van der Waals surface area contributed by atoms with E-state index in [0.717, 1.165) is 172 Å². The van der Waals surface area contributed by atoms with Gasteiger partial charge in [-0.05, 0) is 162 Å². The van der Waals surface area contributed by atoms with Gasteiger partial charge in [-0.25, -0.2) is 9.97 Å². The quantitative estimate of drug-likeness (QED) is 0.0959. The third-order valence-electron chi connectivity index (χ3n) is 16.8. The van der Waals surface area contributed by atoms with Crippen LogP contribution in [0.1, 0.15) is 64.2 Å². The van der Waals surface area contributed by atoms with E-state index in [4.69, 9.17) is 42.6 Å². The maximum atomic E-state index is 16.3. The summed E-state index contributed by atoms with van der Waals surface area (Å²) in [5.74, 6) is 3.54. The molecule has 0 aliphatic carbocycles. The molecular weight excluding hydrogens is 968 g/mol. The first-order chi connectivity index (χ1) is 36.4. The Kier molecular flexibility index (Phi) is 14.6. The van der Waals surface area contributed by atoms with Gasteiger partial charge in [-0.3, -0.25) is 24.6 Å². The van der Waals surface area contributed by atoms with Crippen LogP contribution in [0.15, 0.2) is 110 Å². The molecule has 384 valence electrons. The monoisotopic (exact) mass is 1030 g/mol. The number of rotatable bonds is 16. The maximum Gasteiger partial charge on any atom is 0.167 e. The predicted molar refractivity (Wildman–Crippen MR) is 297 cm³/mol. The van der Waals surface area contributed by atoms with Crippen LogP contribution < -0.4 is 19.3 Å². The first-order valence-corrected chi connectivity index (χ1v) is 27.8. The highest BCUT2D eigenvalue weighted by Crippen LogP contribution is 2.39. The second-order valence-corrected chi connectivity index (χ2v) is 22.4. The van der Waals surface area contributed by atoms with E-state index in [1.807, 2.05) is 85.7 Å². The third-order valence-corrected chi connectivity index (χ3v) is 17.3. The first-order valence-electron chi connectivity index (χ1n) is 27.1. The fraction of sp³-hybridized carbons (Fsp3) is 0.441. The minimum absolute atomic E-state index is 0.187. The zero-order chi connectivity index (χ0) is 50.0. The number of hydrogen-bond acceptors (Lipinski definition) is 11. The summed E-state index contributed by atoms with van der Waals surface area (Å²) >= 11 is 12.5. The molecule has 4 unspecified atom stereocenters. The van der Waals surface area contributed by atoms with Crippen LogP contribution in [0.3, 0.4) is 0 Å². The lowest BCUT2D eigenvalue weighted by Crippen LogP contribution is -2.57. The van der Waals surface area contributed by atoms with E-state index in [1.54, 1.807) is 0 Å². The van der Waals surface area contributed by atoms with Crippen LogP contribution in [0, 0.1) is 23.7 Å². The Balaban J connectivity index is 0.810. The Morgan fingerprint density at radius 3 is 1.41 bits per heavy atom. The average Bonchev–Trinajstić information content (AvgIpc) is 4.15. The highest BCUT2D eigenvalue weighted by Gasteiger charge is 2.41. The molecule has 0 bridgehead atoms. The van der Waals surface area contributed by atoms with Crippen molar-refractivity contribution < 1.29 is 14.3 Å². The molecule has 0 spiro atoms. The number of likely N-dealkylation sites (tertiary alicyclic amines) is 2. The Morgan fingerprint density at radius 1 is 0.541 bits per heavy atom. The van der Waals surface area contributed by atoms with Gasteiger partial charge in [0.05, 0.1) is 48.7 Å². The summed E-state index contributed by atoms with van der Waals surface area (Å²) in [7, 11) is 0. The number of piperidine rings is 4. The number of carbonyl (C=O) groups excluding carboxylic acids is 1. The molecular formula is C59H66Cl2N10O3. The maximum absolute atomic E-state index is 16.3. The highest BCUT2D eigenvalue weighted by molar-refractivity contribution is 6.30. The van der Waals surface area contributed by atoms with Gasteiger partial charge in [0.1, 0.15) is 22.8 Å². The summed E-state index contributed by atoms with van der Waals surface area (Å²) < 4.78 is 12.8. The minimum atomic E-state index is -0.187. The van der Waals surface area contributed by atoms with Crippen LogP contribution in [0.2, 0.25) is 10.0 Å². The van der Waals surface area contributed by atoms with Gasteiger partial charge < -0.3 is 29.2 Å². The van der Waals surface area contributed by atoms with Gasteiger partial charge in [0.2, 0.25) is 0 Å². The van der Waals surface area contributed by atoms with Crippen LogP contribution in [-0.4, -0.2) is 123 Å². The molecule has 4 atom stereocenters. The van der Waals surface area contributed by atoms with Gasteiger partial charge in [-0.1, -0.05) is 23.2 Å². The number of aromatic amines is 2. The number of benzene rings is 2. The predicted octanol–water partition coefficient (Wildman–Crippen LogP) is 11.6. The van der Waals surface area contributed by atoms with E-state index in [1.165, 1.54) is 11.4 Å². The molecule has 0 radical (unpaired) electrons. The molecule has 4 fully saturated rings. The van der Waals surface area contributed by atoms with Gasteiger partial charge >= 0.3 is 0 Å². The van der Waals surface area contributed by atoms with Crippen molar-refractivity contribution in [3.8, 4) is 11.5 Å². The number of hydrogen-bond donors (Lipinski definition) is 2. The lowest BCUT2D eigenvalue weighted by molar-refractivity contribution is -0.133. The molecule has 12 rings (SSSR count). The normalized spacial score (nSPS) is 20.7. The first kappa shape index (κ1) is 48.9. The average molecular weight is 1030 g/mol. The second-order valence-electron chi connectivity index (χ2n) is 21.5. The number of ether oxygens (including phenoxy) is 2. The van der Waals surface area contributed by atoms with Crippen molar-refractivity contribution in [2.24, 2.45) is 23.7 Å². The molecule has 8 aromatic rings. The largest absolute Gasteiger partial charge is 0.493 e. The molecule has 6 aromatic heterocycles. The van der Waals surface area contributed by atoms with Crippen LogP contribution >= 0.6 is 23.2 Å². The number of Topliss-reactive ketones (excluding diaryl/α,β-unsaturated/α-hetero) is 1. The van der Waals surface area contributed by atoms with Crippen molar-refractivity contribution in [3.63, 3.8) is 0 Å². The Morgan fingerprint density at radius 2 is 0.973 bits per heavy atom. The van der Waals surface area contributed by atoms with Crippen LogP contribution in [-0.2, 0) is 4.79 Å². The number of H-pyrrole nitrogens is 2. The highest BCUT2D eigenvalue weighted by atomic mass is 35.5. The smallest absolute Gasteiger partial charge is 0.167 e. The SMILES string of the molecule is O=C(C(CC1CCN(c2ccnc3cnc4[nH]ccc4c23)CC1)N1CCCC(COc2ccc(Cl)cc2)C1)C(CC1CCN(c2ccnc3cnc4[nH]ccc4c23)CC1)N1CCCC(COc2ccc(Cl)cc2)C1. The van der Waals surface area contributed by atoms with Crippen LogP contribution in [0.4, 0.5) is 11.4 Å². The molecule has 4 aliphatic rings. The number of fused-ring (bicyclic) bond motifs is 6. The number of pyridine rings is 4. The summed E-state index contributed by atoms with van der Waals surface area (Å²) in [4.78, 5) is 51.8. The fourth-order valence-corrected chi connectivity index (χ4v) is 13.1. The van der Waals surface area contributed by atoms with Gasteiger partial charge in [-0.2, -0.15) is 0 Å². The topological polar surface area (TPSA) is 132 Å². The van der Waals surface area contributed by atoms with E-state index < -0.39 is 0 Å². The number of anilines is 2. The third kappa shape index (κ3) is 10.6. The lowest BCUT2D eigenvalue weighted by atomic mass is 9.81. The molecule has 4 saturated heterocycles. The standard InChI is InChI=1S/C59H66Cl2N10O3/c60-43-5-9-45(10-6-43)73-37-41-3-1-25-70(35-41)53(31-39-17-27-68(28-18-39)51-15-23-62-49-33-66-58-47(55(49)51)13-21-64-58)57(72)54(71-26-2-4-42(36-71)38-74-46-11-7-44(61)8-12-46)32-40-19-29-69(30-20-40)52-16-24-63-50-34-67-59-48(56(50)52)14-22-65-59/h5-16,21-24,33-34,39-42,53-54H,1-4,17-20,25-32,35-38H2,(H,64,66)(H,65,67). The lowest BCUT2D eigenvalue weighted by Gasteiger charge is -2.45. The molecule has 15 heteroatoms. The number of ketones is 1. The summed E-state index contributed by atoms with van der Waals surface area (Å²) in [5.41, 5.74) is 6.02. The van der Waals surface area contributed by atoms with Crippen molar-refractivity contribution in [1.82, 2.24) is 39.7 Å². The van der Waals surface area contributed by atoms with Gasteiger partial charge in [0.25, 0.3) is 0 Å². The Bertz CT molecular complexity index is 2980. The molecule has 0 saturated carbocycles.